The summed E-state index contributed by atoms with van der Waals surface area (Å²) in [6, 6.07) is 16.0. The zero-order valence-corrected chi connectivity index (χ0v) is 16.0. The highest BCUT2D eigenvalue weighted by molar-refractivity contribution is 7.15. The van der Waals surface area contributed by atoms with Gasteiger partial charge in [-0.2, -0.15) is 0 Å². The van der Waals surface area contributed by atoms with E-state index in [1.807, 2.05) is 46.3 Å². The summed E-state index contributed by atoms with van der Waals surface area (Å²) < 4.78 is 21.0. The fourth-order valence-corrected chi connectivity index (χ4v) is 3.86. The van der Waals surface area contributed by atoms with E-state index in [0.717, 1.165) is 38.9 Å². The average Bonchev–Trinajstić information content (AvgIpc) is 3.35. The zero-order valence-electron chi connectivity index (χ0n) is 15.2. The summed E-state index contributed by atoms with van der Waals surface area (Å²) >= 11 is 1.57. The van der Waals surface area contributed by atoms with Crippen LogP contribution in [0.2, 0.25) is 0 Å². The normalized spacial score (nSPS) is 11.1. The van der Waals surface area contributed by atoms with Crippen LogP contribution < -0.4 is 4.74 Å². The smallest absolute Gasteiger partial charge is 0.194 e. The lowest BCUT2D eigenvalue weighted by Crippen LogP contribution is -1.96. The molecule has 29 heavy (non-hydrogen) atoms. The Morgan fingerprint density at radius 3 is 2.79 bits per heavy atom. The number of ether oxygens (including phenoxy) is 1. The molecule has 142 valence electrons. The number of nitrogens with zero attached hydrogens (tertiary/aromatic N) is 4. The summed E-state index contributed by atoms with van der Waals surface area (Å²) in [5, 5.41) is 2.00. The third-order valence-electron chi connectivity index (χ3n) is 4.51. The second kappa shape index (κ2) is 7.44. The molecule has 2 aromatic carbocycles. The molecule has 0 amide bonds. The molecule has 5 nitrogen and oxygen atoms in total. The van der Waals surface area contributed by atoms with Crippen LogP contribution in [-0.4, -0.2) is 19.4 Å². The van der Waals surface area contributed by atoms with Crippen molar-refractivity contribution in [2.75, 3.05) is 0 Å². The van der Waals surface area contributed by atoms with Gasteiger partial charge < -0.3 is 4.74 Å². The Morgan fingerprint density at radius 2 is 1.97 bits per heavy atom. The van der Waals surface area contributed by atoms with Gasteiger partial charge in [0.05, 0.1) is 11.4 Å². The lowest BCUT2D eigenvalue weighted by Gasteiger charge is -2.09. The summed E-state index contributed by atoms with van der Waals surface area (Å²) in [6.07, 6.45) is 5.25. The molecule has 3 heterocycles. The molecule has 0 atom stereocenters. The predicted octanol–water partition coefficient (Wildman–Crippen LogP) is 5.24. The van der Waals surface area contributed by atoms with Gasteiger partial charge in [-0.1, -0.05) is 24.3 Å². The van der Waals surface area contributed by atoms with E-state index in [4.69, 9.17) is 9.72 Å². The monoisotopic (exact) mass is 402 g/mol. The molecule has 0 N–H and O–H groups in total. The van der Waals surface area contributed by atoms with Crippen molar-refractivity contribution in [2.45, 2.75) is 6.61 Å². The van der Waals surface area contributed by atoms with Crippen molar-refractivity contribution in [2.24, 2.45) is 0 Å². The Hall–Kier alpha value is -3.58. The third kappa shape index (κ3) is 3.48. The van der Waals surface area contributed by atoms with Crippen LogP contribution >= 0.6 is 11.3 Å². The summed E-state index contributed by atoms with van der Waals surface area (Å²) in [5.74, 6) is 0.463. The highest BCUT2D eigenvalue weighted by atomic mass is 32.1. The molecule has 0 aliphatic carbocycles. The lowest BCUT2D eigenvalue weighted by molar-refractivity contribution is 0.306. The van der Waals surface area contributed by atoms with Crippen LogP contribution in [-0.2, 0) is 6.61 Å². The second-order valence-electron chi connectivity index (χ2n) is 6.40. The molecule has 0 fully saturated rings. The van der Waals surface area contributed by atoms with E-state index in [1.54, 1.807) is 29.7 Å². The van der Waals surface area contributed by atoms with Gasteiger partial charge in [0.1, 0.15) is 30.2 Å². The fraction of sp³-hybridized carbons (Fsp3) is 0.0455. The van der Waals surface area contributed by atoms with Crippen LogP contribution in [0.15, 0.2) is 78.7 Å². The van der Waals surface area contributed by atoms with Crippen LogP contribution in [0.25, 0.3) is 27.6 Å². The standard InChI is InChI=1S/C22H15FN4OS/c23-17-6-4-15(5-7-17)13-28-18-3-1-2-16(12-18)20-21(19-8-9-24-14-25-19)27-10-11-29-22(27)26-20/h1-12,14H,13H2. The molecule has 0 bridgehead atoms. The first-order valence-corrected chi connectivity index (χ1v) is 9.85. The SMILES string of the molecule is Fc1ccc(COc2cccc(-c3nc4sccn4c3-c3ccncn3)c2)cc1. The maximum atomic E-state index is 13.1. The summed E-state index contributed by atoms with van der Waals surface area (Å²) in [6.45, 7) is 0.362. The van der Waals surface area contributed by atoms with Gasteiger partial charge in [-0.25, -0.2) is 19.3 Å². The molecule has 0 spiro atoms. The average molecular weight is 402 g/mol. The van der Waals surface area contributed by atoms with Gasteiger partial charge in [-0.15, -0.1) is 11.3 Å². The van der Waals surface area contributed by atoms with E-state index < -0.39 is 0 Å². The first kappa shape index (κ1) is 17.5. The Kier molecular flexibility index (Phi) is 4.50. The maximum absolute atomic E-state index is 13.1. The number of hydrogen-bond acceptors (Lipinski definition) is 5. The van der Waals surface area contributed by atoms with Gasteiger partial charge in [0, 0.05) is 23.3 Å². The Balaban J connectivity index is 1.50. The molecule has 0 unspecified atom stereocenters. The third-order valence-corrected chi connectivity index (χ3v) is 5.27. The van der Waals surface area contributed by atoms with Gasteiger partial charge in [0.2, 0.25) is 0 Å². The molecular formula is C22H15FN4OS. The van der Waals surface area contributed by atoms with Crippen molar-refractivity contribution < 1.29 is 9.13 Å². The molecule has 7 heteroatoms. The minimum atomic E-state index is -0.257. The highest BCUT2D eigenvalue weighted by Crippen LogP contribution is 2.34. The number of rotatable bonds is 5. The minimum Gasteiger partial charge on any atom is -0.489 e. The molecule has 3 aromatic heterocycles. The molecular weight excluding hydrogens is 387 g/mol. The van der Waals surface area contributed by atoms with Crippen molar-refractivity contribution >= 4 is 16.3 Å². The van der Waals surface area contributed by atoms with E-state index in [9.17, 15) is 4.39 Å². The summed E-state index contributed by atoms with van der Waals surface area (Å²) in [4.78, 5) is 14.1. The minimum absolute atomic E-state index is 0.257. The predicted molar refractivity (Wildman–Crippen MR) is 110 cm³/mol. The summed E-state index contributed by atoms with van der Waals surface area (Å²) in [7, 11) is 0. The largest absolute Gasteiger partial charge is 0.489 e. The number of aromatic nitrogens is 4. The molecule has 0 saturated heterocycles. The number of fused-ring (bicyclic) bond motifs is 1. The second-order valence-corrected chi connectivity index (χ2v) is 7.28. The Bertz CT molecular complexity index is 1270. The van der Waals surface area contributed by atoms with Crippen molar-refractivity contribution in [3.8, 4) is 28.4 Å². The fourth-order valence-electron chi connectivity index (χ4n) is 3.14. The molecule has 5 rings (SSSR count). The van der Waals surface area contributed by atoms with Gasteiger partial charge in [0.15, 0.2) is 4.96 Å². The van der Waals surface area contributed by atoms with E-state index in [2.05, 4.69) is 9.97 Å². The van der Waals surface area contributed by atoms with Gasteiger partial charge in [-0.05, 0) is 35.9 Å². The zero-order chi connectivity index (χ0) is 19.6. The van der Waals surface area contributed by atoms with Crippen LogP contribution in [0.5, 0.6) is 5.75 Å². The van der Waals surface area contributed by atoms with Gasteiger partial charge in [-0.3, -0.25) is 4.40 Å². The van der Waals surface area contributed by atoms with E-state index >= 15 is 0 Å². The van der Waals surface area contributed by atoms with E-state index in [0.29, 0.717) is 6.61 Å². The number of imidazole rings is 1. The summed E-state index contributed by atoms with van der Waals surface area (Å²) in [5.41, 5.74) is 4.40. The van der Waals surface area contributed by atoms with Crippen molar-refractivity contribution in [3.63, 3.8) is 0 Å². The molecule has 0 aliphatic heterocycles. The first-order chi connectivity index (χ1) is 14.3. The van der Waals surface area contributed by atoms with Gasteiger partial charge >= 0.3 is 0 Å². The number of thiazole rings is 1. The van der Waals surface area contributed by atoms with Crippen molar-refractivity contribution in [1.82, 2.24) is 19.4 Å². The van der Waals surface area contributed by atoms with E-state index in [-0.39, 0.29) is 5.82 Å². The number of benzene rings is 2. The molecule has 0 aliphatic rings. The molecule has 5 aromatic rings. The lowest BCUT2D eigenvalue weighted by atomic mass is 10.1. The van der Waals surface area contributed by atoms with Crippen LogP contribution in [0.4, 0.5) is 4.39 Å². The molecule has 0 saturated carbocycles. The molecule has 0 radical (unpaired) electrons. The maximum Gasteiger partial charge on any atom is 0.194 e. The van der Waals surface area contributed by atoms with E-state index in [1.165, 1.54) is 18.5 Å². The Labute approximate surface area is 170 Å². The first-order valence-electron chi connectivity index (χ1n) is 8.97. The topological polar surface area (TPSA) is 52.3 Å². The quantitative estimate of drug-likeness (QED) is 0.404. The van der Waals surface area contributed by atoms with Crippen molar-refractivity contribution in [1.29, 1.82) is 0 Å². The van der Waals surface area contributed by atoms with Crippen molar-refractivity contribution in [3.05, 3.63) is 90.1 Å². The Morgan fingerprint density at radius 1 is 1.07 bits per heavy atom. The van der Waals surface area contributed by atoms with Crippen LogP contribution in [0, 0.1) is 5.82 Å². The highest BCUT2D eigenvalue weighted by Gasteiger charge is 2.18. The van der Waals surface area contributed by atoms with Crippen LogP contribution in [0.3, 0.4) is 0 Å². The van der Waals surface area contributed by atoms with Crippen LogP contribution in [0.1, 0.15) is 5.56 Å². The number of halogens is 1. The van der Waals surface area contributed by atoms with Gasteiger partial charge in [0.25, 0.3) is 0 Å². The number of hydrogen-bond donors (Lipinski definition) is 0.